The van der Waals surface area contributed by atoms with Crippen LogP contribution in [0.4, 0.5) is 5.69 Å². The summed E-state index contributed by atoms with van der Waals surface area (Å²) in [5.74, 6) is -0.400. The van der Waals surface area contributed by atoms with Crippen LogP contribution in [0.15, 0.2) is 36.4 Å². The summed E-state index contributed by atoms with van der Waals surface area (Å²) in [6, 6.07) is 10.6. The van der Waals surface area contributed by atoms with Crippen LogP contribution in [0.5, 0.6) is 0 Å². The average Bonchev–Trinajstić information content (AvgIpc) is 2.92. The molecule has 116 valence electrons. The summed E-state index contributed by atoms with van der Waals surface area (Å²) in [5.41, 5.74) is 1.54. The van der Waals surface area contributed by atoms with Crippen molar-refractivity contribution < 1.29 is 14.3 Å². The molecule has 2 aromatic rings. The lowest BCUT2D eigenvalue weighted by atomic mass is 10.2. The molecule has 0 aliphatic heterocycles. The third-order valence-corrected chi connectivity index (χ3v) is 3.97. The Hall–Kier alpha value is -1.89. The van der Waals surface area contributed by atoms with Crippen molar-refractivity contribution in [1.82, 2.24) is 5.32 Å². The van der Waals surface area contributed by atoms with Crippen LogP contribution >= 0.6 is 22.9 Å². The number of benzene rings is 1. The van der Waals surface area contributed by atoms with Crippen molar-refractivity contribution in [2.24, 2.45) is 0 Å². The number of nitrogens with one attached hydrogen (secondary N) is 2. The van der Waals surface area contributed by atoms with Crippen molar-refractivity contribution in [1.29, 1.82) is 0 Å². The molecule has 2 amide bonds. The van der Waals surface area contributed by atoms with Crippen LogP contribution < -0.4 is 10.6 Å². The minimum absolute atomic E-state index is 0.0001000. The second kappa shape index (κ2) is 7.93. The largest absolute Gasteiger partial charge is 0.375 e. The fourth-order valence-electron chi connectivity index (χ4n) is 1.79. The molecule has 0 aliphatic rings. The molecular weight excluding hydrogens is 324 g/mol. The van der Waals surface area contributed by atoms with E-state index in [2.05, 4.69) is 10.6 Å². The highest BCUT2D eigenvalue weighted by Crippen LogP contribution is 2.21. The molecule has 0 bridgehead atoms. The van der Waals surface area contributed by atoms with E-state index in [1.54, 1.807) is 24.3 Å². The van der Waals surface area contributed by atoms with Crippen molar-refractivity contribution in [2.75, 3.05) is 19.0 Å². The number of halogens is 1. The van der Waals surface area contributed by atoms with Gasteiger partial charge in [-0.2, -0.15) is 0 Å². The molecule has 2 N–H and O–H groups in total. The smallest absolute Gasteiger partial charge is 0.261 e. The molecule has 0 unspecified atom stereocenters. The number of carbonyl (C=O) groups is 2. The van der Waals surface area contributed by atoms with E-state index in [0.29, 0.717) is 21.4 Å². The van der Waals surface area contributed by atoms with Gasteiger partial charge in [0.15, 0.2) is 0 Å². The molecule has 0 saturated carbocycles. The van der Waals surface area contributed by atoms with Crippen molar-refractivity contribution in [3.05, 3.63) is 51.2 Å². The summed E-state index contributed by atoms with van der Waals surface area (Å²) in [5, 5.41) is 5.52. The molecule has 0 atom stereocenters. The lowest BCUT2D eigenvalue weighted by Gasteiger charge is -2.08. The van der Waals surface area contributed by atoms with Gasteiger partial charge in [0.25, 0.3) is 5.91 Å². The number of anilines is 1. The highest BCUT2D eigenvalue weighted by atomic mass is 35.5. The zero-order valence-corrected chi connectivity index (χ0v) is 13.5. The van der Waals surface area contributed by atoms with Crippen LogP contribution in [0.3, 0.4) is 0 Å². The number of rotatable bonds is 6. The van der Waals surface area contributed by atoms with Crippen LogP contribution in [0, 0.1) is 0 Å². The number of hydrogen-bond donors (Lipinski definition) is 2. The topological polar surface area (TPSA) is 67.4 Å². The number of amides is 2. The molecule has 0 fully saturated rings. The van der Waals surface area contributed by atoms with Crippen LogP contribution in [-0.2, 0) is 16.1 Å². The van der Waals surface area contributed by atoms with Gasteiger partial charge >= 0.3 is 0 Å². The maximum atomic E-state index is 11.9. The Balaban J connectivity index is 1.93. The molecule has 1 aromatic carbocycles. The first-order valence-electron chi connectivity index (χ1n) is 6.50. The Morgan fingerprint density at radius 3 is 2.77 bits per heavy atom. The molecule has 0 spiro atoms. The predicted octanol–water partition coefficient (Wildman–Crippen LogP) is 2.92. The minimum atomic E-state index is -0.225. The molecule has 5 nitrogen and oxygen atoms in total. The van der Waals surface area contributed by atoms with Crippen LogP contribution in [0.25, 0.3) is 0 Å². The highest BCUT2D eigenvalue weighted by Gasteiger charge is 2.08. The van der Waals surface area contributed by atoms with E-state index >= 15 is 0 Å². The molecule has 1 heterocycles. The molecule has 0 saturated heterocycles. The van der Waals surface area contributed by atoms with Crippen LogP contribution in [-0.4, -0.2) is 25.5 Å². The van der Waals surface area contributed by atoms with Crippen LogP contribution in [0.1, 0.15) is 15.2 Å². The Kier molecular flexibility index (Phi) is 5.94. The lowest BCUT2D eigenvalue weighted by Crippen LogP contribution is -2.22. The Bertz CT molecular complexity index is 672. The minimum Gasteiger partial charge on any atom is -0.375 e. The van der Waals surface area contributed by atoms with Gasteiger partial charge in [0.05, 0.1) is 9.21 Å². The van der Waals surface area contributed by atoms with Gasteiger partial charge in [-0.25, -0.2) is 0 Å². The summed E-state index contributed by atoms with van der Waals surface area (Å²) in [6.07, 6.45) is 0. The number of ether oxygens (including phenoxy) is 1. The van der Waals surface area contributed by atoms with E-state index in [0.717, 1.165) is 5.56 Å². The molecular formula is C15H15ClN2O3S. The third-order valence-electron chi connectivity index (χ3n) is 2.74. The van der Waals surface area contributed by atoms with Gasteiger partial charge in [-0.1, -0.05) is 23.7 Å². The Morgan fingerprint density at radius 2 is 2.09 bits per heavy atom. The second-order valence-corrected chi connectivity index (χ2v) is 6.18. The third kappa shape index (κ3) is 4.84. The molecule has 7 heteroatoms. The van der Waals surface area contributed by atoms with Gasteiger partial charge in [0.1, 0.15) is 6.61 Å². The first-order valence-corrected chi connectivity index (χ1v) is 7.69. The second-order valence-electron chi connectivity index (χ2n) is 4.47. The van der Waals surface area contributed by atoms with Gasteiger partial charge in [0.2, 0.25) is 5.91 Å². The van der Waals surface area contributed by atoms with E-state index in [9.17, 15) is 9.59 Å². The van der Waals surface area contributed by atoms with E-state index < -0.39 is 0 Å². The van der Waals surface area contributed by atoms with Gasteiger partial charge < -0.3 is 15.4 Å². The van der Waals surface area contributed by atoms with Crippen LogP contribution in [0.2, 0.25) is 4.34 Å². The van der Waals surface area contributed by atoms with E-state index in [-0.39, 0.29) is 18.4 Å². The molecule has 22 heavy (non-hydrogen) atoms. The zero-order chi connectivity index (χ0) is 15.9. The first-order chi connectivity index (χ1) is 10.6. The SMILES string of the molecule is COCC(=O)Nc1cccc(CNC(=O)c2ccc(Cl)s2)c1. The molecule has 0 aliphatic carbocycles. The summed E-state index contributed by atoms with van der Waals surface area (Å²) < 4.78 is 5.33. The van der Waals surface area contributed by atoms with Crippen molar-refractivity contribution in [3.8, 4) is 0 Å². The lowest BCUT2D eigenvalue weighted by molar-refractivity contribution is -0.119. The summed E-state index contributed by atoms with van der Waals surface area (Å²) in [7, 11) is 1.46. The normalized spacial score (nSPS) is 10.3. The number of thiophene rings is 1. The molecule has 2 rings (SSSR count). The fraction of sp³-hybridized carbons (Fsp3) is 0.200. The van der Waals surface area contributed by atoms with Crippen molar-refractivity contribution >= 4 is 40.4 Å². The highest BCUT2D eigenvalue weighted by molar-refractivity contribution is 7.17. The van der Waals surface area contributed by atoms with Gasteiger partial charge in [-0.15, -0.1) is 11.3 Å². The quantitative estimate of drug-likeness (QED) is 0.851. The maximum Gasteiger partial charge on any atom is 0.261 e. The van der Waals surface area contributed by atoms with Gasteiger partial charge in [-0.3, -0.25) is 9.59 Å². The summed E-state index contributed by atoms with van der Waals surface area (Å²) in [4.78, 5) is 24.0. The Morgan fingerprint density at radius 1 is 1.27 bits per heavy atom. The predicted molar refractivity (Wildman–Crippen MR) is 87.4 cm³/mol. The number of methoxy groups -OCH3 is 1. The number of carbonyl (C=O) groups excluding carboxylic acids is 2. The monoisotopic (exact) mass is 338 g/mol. The average molecular weight is 339 g/mol. The maximum absolute atomic E-state index is 11.9. The fourth-order valence-corrected chi connectivity index (χ4v) is 2.75. The van der Waals surface area contributed by atoms with Crippen molar-refractivity contribution in [3.63, 3.8) is 0 Å². The number of hydrogen-bond acceptors (Lipinski definition) is 4. The first kappa shape index (κ1) is 16.5. The Labute approximate surface area is 137 Å². The summed E-state index contributed by atoms with van der Waals surface area (Å²) in [6.45, 7) is 0.364. The van der Waals surface area contributed by atoms with Gasteiger partial charge in [0, 0.05) is 19.3 Å². The van der Waals surface area contributed by atoms with E-state index in [4.69, 9.17) is 16.3 Å². The standard InChI is InChI=1S/C15H15ClN2O3S/c1-21-9-14(19)18-11-4-2-3-10(7-11)8-17-15(20)12-5-6-13(16)22-12/h2-7H,8-9H2,1H3,(H,17,20)(H,18,19). The summed E-state index contributed by atoms with van der Waals surface area (Å²) >= 11 is 7.04. The van der Waals surface area contributed by atoms with Crippen molar-refractivity contribution in [2.45, 2.75) is 6.54 Å². The molecule has 1 aromatic heterocycles. The van der Waals surface area contributed by atoms with E-state index in [1.165, 1.54) is 18.4 Å². The van der Waals surface area contributed by atoms with E-state index in [1.807, 2.05) is 12.1 Å². The van der Waals surface area contributed by atoms with Gasteiger partial charge in [-0.05, 0) is 29.8 Å². The zero-order valence-electron chi connectivity index (χ0n) is 11.9. The molecule has 0 radical (unpaired) electrons.